The Morgan fingerprint density at radius 3 is 2.33 bits per heavy atom. The van der Waals surface area contributed by atoms with E-state index in [-0.39, 0.29) is 12.6 Å². The van der Waals surface area contributed by atoms with E-state index in [4.69, 9.17) is 4.98 Å². The highest BCUT2D eigenvalue weighted by molar-refractivity contribution is 5.76. The lowest BCUT2D eigenvalue weighted by atomic mass is 9.77. The topological polar surface area (TPSA) is 61.6 Å². The Morgan fingerprint density at radius 1 is 0.861 bits per heavy atom. The monoisotopic (exact) mass is 492 g/mol. The first-order chi connectivity index (χ1) is 17.6. The fraction of sp³-hybridized carbons (Fsp3) is 0.733. The standard InChI is InChI=1S/C30H44N4O2/c35-30(36)21-33-14-6-5-9-25(33)20-29-31-27-10-3-4-11-28(27)34(29)24-12-15-32(16-13-24)26-18-22-7-1-2-8-23(17-22)19-26/h3-4,10-11,22-26H,1-2,5-9,12-21H2,(H,35,36)/t22-,23+,25-,26?/m0/s1. The molecule has 1 N–H and O–H groups in total. The van der Waals surface area contributed by atoms with E-state index < -0.39 is 5.97 Å². The molecule has 2 aliphatic carbocycles. The molecule has 3 heterocycles. The van der Waals surface area contributed by atoms with Gasteiger partial charge in [-0.2, -0.15) is 0 Å². The normalized spacial score (nSPS) is 30.9. The first kappa shape index (κ1) is 24.4. The molecule has 4 aliphatic rings. The minimum absolute atomic E-state index is 0.145. The number of aromatic nitrogens is 2. The third-order valence-electron chi connectivity index (χ3n) is 9.91. The van der Waals surface area contributed by atoms with Crippen molar-refractivity contribution < 1.29 is 9.90 Å². The number of rotatable bonds is 6. The number of fused-ring (bicyclic) bond motifs is 3. The summed E-state index contributed by atoms with van der Waals surface area (Å²) in [6.45, 7) is 3.44. The second kappa shape index (κ2) is 10.8. The molecule has 6 nitrogen and oxygen atoms in total. The molecular formula is C30H44N4O2. The first-order valence-electron chi connectivity index (χ1n) is 14.8. The molecule has 0 radical (unpaired) electrons. The summed E-state index contributed by atoms with van der Waals surface area (Å²) in [5, 5.41) is 9.46. The number of carboxylic acids is 1. The average molecular weight is 493 g/mol. The smallest absolute Gasteiger partial charge is 0.317 e. The van der Waals surface area contributed by atoms with Crippen LogP contribution in [0.1, 0.15) is 88.9 Å². The third kappa shape index (κ3) is 5.22. The molecule has 2 aliphatic heterocycles. The summed E-state index contributed by atoms with van der Waals surface area (Å²) >= 11 is 0. The number of carboxylic acid groups (broad SMARTS) is 1. The number of carbonyl (C=O) groups is 1. The second-order valence-corrected chi connectivity index (χ2v) is 12.2. The molecule has 4 atom stereocenters. The maximum atomic E-state index is 11.5. The van der Waals surface area contributed by atoms with Crippen molar-refractivity contribution in [2.75, 3.05) is 26.2 Å². The van der Waals surface area contributed by atoms with E-state index in [2.05, 4.69) is 38.6 Å². The van der Waals surface area contributed by atoms with Crippen LogP contribution in [-0.2, 0) is 11.2 Å². The molecule has 6 heteroatoms. The minimum atomic E-state index is -0.717. The van der Waals surface area contributed by atoms with E-state index in [0.29, 0.717) is 6.04 Å². The number of imidazole rings is 1. The van der Waals surface area contributed by atoms with Gasteiger partial charge in [0.25, 0.3) is 0 Å². The van der Waals surface area contributed by atoms with Crippen LogP contribution in [0, 0.1) is 11.8 Å². The minimum Gasteiger partial charge on any atom is -0.480 e. The van der Waals surface area contributed by atoms with Crippen LogP contribution in [0.2, 0.25) is 0 Å². The lowest BCUT2D eigenvalue weighted by Gasteiger charge is -2.43. The quantitative estimate of drug-likeness (QED) is 0.576. The Labute approximate surface area is 216 Å². The van der Waals surface area contributed by atoms with Crippen molar-refractivity contribution in [3.8, 4) is 0 Å². The Kier molecular flexibility index (Phi) is 7.34. The number of piperidine rings is 2. The summed E-state index contributed by atoms with van der Waals surface area (Å²) in [7, 11) is 0. The molecule has 2 saturated heterocycles. The molecule has 2 aromatic rings. The van der Waals surface area contributed by atoms with Crippen molar-refractivity contribution in [2.45, 2.75) is 102 Å². The van der Waals surface area contributed by atoms with Crippen LogP contribution in [0.15, 0.2) is 24.3 Å². The van der Waals surface area contributed by atoms with E-state index in [1.165, 1.54) is 88.6 Å². The van der Waals surface area contributed by atoms with Crippen molar-refractivity contribution in [1.29, 1.82) is 0 Å². The number of hydrogen-bond donors (Lipinski definition) is 1. The van der Waals surface area contributed by atoms with Crippen LogP contribution in [0.25, 0.3) is 11.0 Å². The van der Waals surface area contributed by atoms with Gasteiger partial charge >= 0.3 is 5.97 Å². The summed E-state index contributed by atoms with van der Waals surface area (Å²) in [4.78, 5) is 21.6. The first-order valence-corrected chi connectivity index (χ1v) is 14.8. The second-order valence-electron chi connectivity index (χ2n) is 12.2. The van der Waals surface area contributed by atoms with E-state index in [0.717, 1.165) is 49.2 Å². The van der Waals surface area contributed by atoms with Gasteiger partial charge in [0.2, 0.25) is 0 Å². The molecule has 2 bridgehead atoms. The average Bonchev–Trinajstić information content (AvgIpc) is 3.16. The number of benzene rings is 1. The third-order valence-corrected chi connectivity index (χ3v) is 9.91. The van der Waals surface area contributed by atoms with Crippen LogP contribution in [0.3, 0.4) is 0 Å². The Bertz CT molecular complexity index is 1030. The summed E-state index contributed by atoms with van der Waals surface area (Å²) < 4.78 is 2.56. The SMILES string of the molecule is O=C(O)CN1CCCC[C@H]1Cc1nc2ccccc2n1C1CCN(C2C[C@H]3CCCC[C@@H](C2)C3)CC1. The van der Waals surface area contributed by atoms with Gasteiger partial charge < -0.3 is 14.6 Å². The molecule has 1 unspecified atom stereocenters. The van der Waals surface area contributed by atoms with E-state index >= 15 is 0 Å². The highest BCUT2D eigenvalue weighted by atomic mass is 16.4. The van der Waals surface area contributed by atoms with Gasteiger partial charge in [0.1, 0.15) is 5.82 Å². The lowest BCUT2D eigenvalue weighted by molar-refractivity contribution is -0.139. The van der Waals surface area contributed by atoms with E-state index in [1.807, 2.05) is 0 Å². The predicted molar refractivity (Wildman–Crippen MR) is 143 cm³/mol. The Hall–Kier alpha value is -1.92. The lowest BCUT2D eigenvalue weighted by Crippen LogP contribution is -2.46. The summed E-state index contributed by atoms with van der Waals surface area (Å²) in [6.07, 6.45) is 16.8. The van der Waals surface area contributed by atoms with Crippen LogP contribution in [0.4, 0.5) is 0 Å². The fourth-order valence-electron chi connectivity index (χ4n) is 8.20. The number of para-hydroxylation sites is 2. The zero-order valence-electron chi connectivity index (χ0n) is 21.9. The molecular weight excluding hydrogens is 448 g/mol. The molecule has 0 spiro atoms. The zero-order chi connectivity index (χ0) is 24.5. The van der Waals surface area contributed by atoms with Crippen LogP contribution in [-0.4, -0.2) is 68.7 Å². The fourth-order valence-corrected chi connectivity index (χ4v) is 8.20. The van der Waals surface area contributed by atoms with Crippen LogP contribution >= 0.6 is 0 Å². The van der Waals surface area contributed by atoms with E-state index in [1.54, 1.807) is 0 Å². The van der Waals surface area contributed by atoms with E-state index in [9.17, 15) is 9.90 Å². The summed E-state index contributed by atoms with van der Waals surface area (Å²) in [5.41, 5.74) is 2.35. The van der Waals surface area contributed by atoms with Crippen molar-refractivity contribution in [3.63, 3.8) is 0 Å². The molecule has 1 aromatic heterocycles. The van der Waals surface area contributed by atoms with Crippen molar-refractivity contribution >= 4 is 17.0 Å². The molecule has 36 heavy (non-hydrogen) atoms. The predicted octanol–water partition coefficient (Wildman–Crippen LogP) is 5.51. The number of hydrogen-bond acceptors (Lipinski definition) is 4. The Morgan fingerprint density at radius 2 is 1.58 bits per heavy atom. The van der Waals surface area contributed by atoms with Gasteiger partial charge in [0.05, 0.1) is 17.6 Å². The van der Waals surface area contributed by atoms with Gasteiger partial charge in [-0.15, -0.1) is 0 Å². The van der Waals surface area contributed by atoms with Gasteiger partial charge in [-0.3, -0.25) is 9.69 Å². The van der Waals surface area contributed by atoms with Crippen molar-refractivity contribution in [3.05, 3.63) is 30.1 Å². The van der Waals surface area contributed by atoms with Gasteiger partial charge in [0.15, 0.2) is 0 Å². The number of aliphatic carboxylic acids is 1. The Balaban J connectivity index is 1.18. The van der Waals surface area contributed by atoms with Gasteiger partial charge in [-0.05, 0) is 75.5 Å². The highest BCUT2D eigenvalue weighted by Crippen LogP contribution is 2.41. The van der Waals surface area contributed by atoms with Gasteiger partial charge in [0, 0.05) is 37.6 Å². The van der Waals surface area contributed by atoms with Crippen molar-refractivity contribution in [2.24, 2.45) is 11.8 Å². The summed E-state index contributed by atoms with van der Waals surface area (Å²) in [5.74, 6) is 2.40. The maximum Gasteiger partial charge on any atom is 0.317 e. The maximum absolute atomic E-state index is 11.5. The van der Waals surface area contributed by atoms with Crippen LogP contribution in [0.5, 0.6) is 0 Å². The number of likely N-dealkylation sites (tertiary alicyclic amines) is 2. The van der Waals surface area contributed by atoms with Crippen LogP contribution < -0.4 is 0 Å². The molecule has 4 fully saturated rings. The van der Waals surface area contributed by atoms with Crippen molar-refractivity contribution in [1.82, 2.24) is 19.4 Å². The molecule has 1 aromatic carbocycles. The molecule has 0 amide bonds. The highest BCUT2D eigenvalue weighted by Gasteiger charge is 2.36. The zero-order valence-corrected chi connectivity index (χ0v) is 21.9. The molecule has 6 rings (SSSR count). The number of nitrogens with zero attached hydrogens (tertiary/aromatic N) is 4. The molecule has 2 saturated carbocycles. The van der Waals surface area contributed by atoms with Gasteiger partial charge in [-0.1, -0.05) is 44.2 Å². The largest absolute Gasteiger partial charge is 0.480 e. The molecule has 196 valence electrons. The summed E-state index contributed by atoms with van der Waals surface area (Å²) in [6, 6.07) is 10.2. The van der Waals surface area contributed by atoms with Gasteiger partial charge in [-0.25, -0.2) is 4.98 Å².